The molecule has 1 aromatic rings. The Morgan fingerprint density at radius 3 is 2.59 bits per heavy atom. The molecule has 6 heteroatoms. The number of likely N-dealkylation sites (tertiary alicyclic amines) is 1. The summed E-state index contributed by atoms with van der Waals surface area (Å²) in [5, 5.41) is 9.76. The lowest BCUT2D eigenvalue weighted by atomic mass is 9.96. The van der Waals surface area contributed by atoms with Crippen LogP contribution in [0.4, 0.5) is 0 Å². The molecule has 0 bridgehead atoms. The summed E-state index contributed by atoms with van der Waals surface area (Å²) in [4.78, 5) is 17.1. The van der Waals surface area contributed by atoms with Gasteiger partial charge in [0.15, 0.2) is 0 Å². The van der Waals surface area contributed by atoms with Gasteiger partial charge in [-0.1, -0.05) is 30.3 Å². The van der Waals surface area contributed by atoms with Gasteiger partial charge in [-0.3, -0.25) is 4.79 Å². The first-order chi connectivity index (χ1) is 13.0. The van der Waals surface area contributed by atoms with Gasteiger partial charge < -0.3 is 24.4 Å². The molecule has 0 aromatic heterocycles. The lowest BCUT2D eigenvalue weighted by Gasteiger charge is -2.44. The minimum absolute atomic E-state index is 0.0138. The number of morpholine rings is 1. The van der Waals surface area contributed by atoms with E-state index in [2.05, 4.69) is 17.0 Å². The number of rotatable bonds is 6. The summed E-state index contributed by atoms with van der Waals surface area (Å²) < 4.78 is 11.7. The van der Waals surface area contributed by atoms with Gasteiger partial charge in [0.25, 0.3) is 0 Å². The second-order valence-corrected chi connectivity index (χ2v) is 7.74. The predicted molar refractivity (Wildman–Crippen MR) is 103 cm³/mol. The van der Waals surface area contributed by atoms with E-state index < -0.39 is 0 Å². The van der Waals surface area contributed by atoms with Crippen LogP contribution in [-0.4, -0.2) is 78.5 Å². The Kier molecular flexibility index (Phi) is 7.24. The van der Waals surface area contributed by atoms with Crippen LogP contribution in [0.25, 0.3) is 0 Å². The number of benzene rings is 1. The van der Waals surface area contributed by atoms with Crippen LogP contribution < -0.4 is 0 Å². The fraction of sp³-hybridized carbons (Fsp3) is 0.667. The first-order valence-corrected chi connectivity index (χ1v) is 10.0. The number of nitrogens with zero attached hydrogens (tertiary/aromatic N) is 2. The van der Waals surface area contributed by atoms with Crippen molar-refractivity contribution in [1.82, 2.24) is 9.80 Å². The molecule has 2 heterocycles. The molecular formula is C21H32N2O4. The van der Waals surface area contributed by atoms with Crippen molar-refractivity contribution in [3.05, 3.63) is 35.9 Å². The Hall–Kier alpha value is -1.47. The summed E-state index contributed by atoms with van der Waals surface area (Å²) in [7, 11) is 0. The van der Waals surface area contributed by atoms with Crippen LogP contribution in [0.2, 0.25) is 0 Å². The Morgan fingerprint density at radius 1 is 1.22 bits per heavy atom. The molecule has 150 valence electrons. The number of hydrogen-bond donors (Lipinski definition) is 1. The van der Waals surface area contributed by atoms with Gasteiger partial charge >= 0.3 is 0 Å². The quantitative estimate of drug-likeness (QED) is 0.821. The molecule has 2 aliphatic rings. The van der Waals surface area contributed by atoms with E-state index in [9.17, 15) is 9.90 Å². The van der Waals surface area contributed by atoms with E-state index in [0.29, 0.717) is 13.2 Å². The van der Waals surface area contributed by atoms with E-state index in [0.717, 1.165) is 38.0 Å². The third-order valence-electron chi connectivity index (χ3n) is 5.35. The van der Waals surface area contributed by atoms with Gasteiger partial charge in [0, 0.05) is 26.2 Å². The van der Waals surface area contributed by atoms with Gasteiger partial charge in [-0.25, -0.2) is 0 Å². The minimum atomic E-state index is -0.190. The minimum Gasteiger partial charge on any atom is -0.393 e. The summed E-state index contributed by atoms with van der Waals surface area (Å²) in [6.45, 7) is 7.60. The number of piperidine rings is 1. The molecule has 0 spiro atoms. The second-order valence-electron chi connectivity index (χ2n) is 7.74. The zero-order valence-corrected chi connectivity index (χ0v) is 16.4. The number of ether oxygens (including phenoxy) is 2. The monoisotopic (exact) mass is 376 g/mol. The van der Waals surface area contributed by atoms with Crippen molar-refractivity contribution in [2.75, 3.05) is 39.4 Å². The highest BCUT2D eigenvalue weighted by atomic mass is 16.5. The van der Waals surface area contributed by atoms with Crippen LogP contribution in [0.3, 0.4) is 0 Å². The molecule has 6 nitrogen and oxygen atoms in total. The van der Waals surface area contributed by atoms with E-state index in [-0.39, 0.29) is 36.9 Å². The topological polar surface area (TPSA) is 62.2 Å². The highest BCUT2D eigenvalue weighted by Crippen LogP contribution is 2.31. The number of aliphatic hydroxyl groups excluding tert-OH is 1. The molecule has 1 N–H and O–H groups in total. The molecule has 1 aromatic carbocycles. The van der Waals surface area contributed by atoms with Crippen molar-refractivity contribution in [3.8, 4) is 0 Å². The Labute approximate surface area is 162 Å². The van der Waals surface area contributed by atoms with Gasteiger partial charge in [-0.2, -0.15) is 0 Å². The van der Waals surface area contributed by atoms with E-state index in [1.54, 1.807) is 0 Å². The number of hydrogen-bond acceptors (Lipinski definition) is 5. The van der Waals surface area contributed by atoms with Gasteiger partial charge in [-0.05, 0) is 32.3 Å². The van der Waals surface area contributed by atoms with Crippen molar-refractivity contribution >= 4 is 5.91 Å². The van der Waals surface area contributed by atoms with E-state index in [1.165, 1.54) is 0 Å². The molecule has 3 rings (SSSR count). The molecular weight excluding hydrogens is 344 g/mol. The summed E-state index contributed by atoms with van der Waals surface area (Å²) in [6, 6.07) is 10.0. The van der Waals surface area contributed by atoms with Crippen LogP contribution in [0, 0.1) is 0 Å². The predicted octanol–water partition coefficient (Wildman–Crippen LogP) is 1.84. The fourth-order valence-corrected chi connectivity index (χ4v) is 3.89. The van der Waals surface area contributed by atoms with Gasteiger partial charge in [0.05, 0.1) is 31.0 Å². The summed E-state index contributed by atoms with van der Waals surface area (Å²) in [5.74, 6) is 0.0138. The van der Waals surface area contributed by atoms with E-state index in [4.69, 9.17) is 9.47 Å². The summed E-state index contributed by atoms with van der Waals surface area (Å²) in [6.07, 6.45) is 1.35. The van der Waals surface area contributed by atoms with Crippen LogP contribution in [-0.2, 0) is 14.3 Å². The lowest BCUT2D eigenvalue weighted by molar-refractivity contribution is -0.154. The van der Waals surface area contributed by atoms with Crippen LogP contribution in [0.5, 0.6) is 0 Å². The third kappa shape index (κ3) is 5.51. The lowest BCUT2D eigenvalue weighted by Crippen LogP contribution is -2.53. The van der Waals surface area contributed by atoms with Gasteiger partial charge in [-0.15, -0.1) is 0 Å². The van der Waals surface area contributed by atoms with Gasteiger partial charge in [0.2, 0.25) is 5.91 Å². The summed E-state index contributed by atoms with van der Waals surface area (Å²) in [5.41, 5.74) is 1.09. The molecule has 0 saturated carbocycles. The molecule has 27 heavy (non-hydrogen) atoms. The number of amides is 1. The molecule has 2 aliphatic heterocycles. The average molecular weight is 376 g/mol. The van der Waals surface area contributed by atoms with Crippen molar-refractivity contribution < 1.29 is 19.4 Å². The Balaban J connectivity index is 1.75. The number of carbonyl (C=O) groups is 1. The van der Waals surface area contributed by atoms with Crippen LogP contribution in [0.15, 0.2) is 30.3 Å². The standard InChI is InChI=1S/C21H32N2O4/c1-16(2)27-15-20(25)23-12-13-26-19(14-22-10-8-18(24)9-11-22)21(23)17-6-4-3-5-7-17/h3-7,16,18-19,21,24H,8-15H2,1-2H3/t19-,21-/m0/s1. The molecule has 1 amide bonds. The molecule has 0 unspecified atom stereocenters. The van der Waals surface area contributed by atoms with Crippen molar-refractivity contribution in [2.45, 2.75) is 51.0 Å². The van der Waals surface area contributed by atoms with E-state index in [1.807, 2.05) is 36.9 Å². The number of aliphatic hydroxyl groups is 1. The maximum absolute atomic E-state index is 12.9. The second kappa shape index (κ2) is 9.64. The first-order valence-electron chi connectivity index (χ1n) is 10.0. The number of carbonyl (C=O) groups excluding carboxylic acids is 1. The molecule has 0 aliphatic carbocycles. The normalized spacial score (nSPS) is 25.1. The van der Waals surface area contributed by atoms with Crippen LogP contribution in [0.1, 0.15) is 38.3 Å². The Morgan fingerprint density at radius 2 is 1.93 bits per heavy atom. The highest BCUT2D eigenvalue weighted by molar-refractivity contribution is 5.78. The molecule has 0 radical (unpaired) electrons. The smallest absolute Gasteiger partial charge is 0.249 e. The maximum Gasteiger partial charge on any atom is 0.249 e. The fourth-order valence-electron chi connectivity index (χ4n) is 3.89. The highest BCUT2D eigenvalue weighted by Gasteiger charge is 2.37. The molecule has 2 saturated heterocycles. The maximum atomic E-state index is 12.9. The van der Waals surface area contributed by atoms with E-state index >= 15 is 0 Å². The zero-order chi connectivity index (χ0) is 19.2. The zero-order valence-electron chi connectivity index (χ0n) is 16.4. The third-order valence-corrected chi connectivity index (χ3v) is 5.35. The van der Waals surface area contributed by atoms with Gasteiger partial charge in [0.1, 0.15) is 6.61 Å². The Bertz CT molecular complexity index is 587. The first kappa shape index (κ1) is 20.3. The van der Waals surface area contributed by atoms with Crippen molar-refractivity contribution in [2.24, 2.45) is 0 Å². The van der Waals surface area contributed by atoms with Crippen molar-refractivity contribution in [1.29, 1.82) is 0 Å². The SMILES string of the molecule is CC(C)OCC(=O)N1CCO[C@@H](CN2CCC(O)CC2)[C@@H]1c1ccccc1. The molecule has 2 fully saturated rings. The van der Waals surface area contributed by atoms with Crippen LogP contribution >= 0.6 is 0 Å². The largest absolute Gasteiger partial charge is 0.393 e. The average Bonchev–Trinajstić information content (AvgIpc) is 2.68. The summed E-state index contributed by atoms with van der Waals surface area (Å²) >= 11 is 0. The van der Waals surface area contributed by atoms with Crippen molar-refractivity contribution in [3.63, 3.8) is 0 Å². The molecule has 2 atom stereocenters.